The van der Waals surface area contributed by atoms with Crippen molar-refractivity contribution in [3.8, 4) is 11.1 Å². The first-order chi connectivity index (χ1) is 20.6. The van der Waals surface area contributed by atoms with Gasteiger partial charge in [-0.05, 0) is 90.9 Å². The number of aromatic amines is 1. The van der Waals surface area contributed by atoms with E-state index in [-0.39, 0.29) is 17.1 Å². The molecule has 2 aliphatic heterocycles. The van der Waals surface area contributed by atoms with Crippen LogP contribution in [-0.4, -0.2) is 19.5 Å². The maximum atomic E-state index is 5.38. The Bertz CT molecular complexity index is 1820. The molecule has 1 N–H and O–H groups in total. The van der Waals surface area contributed by atoms with Gasteiger partial charge in [-0.15, -0.1) is 0 Å². The van der Waals surface area contributed by atoms with E-state index in [1.54, 1.807) is 0 Å². The minimum absolute atomic E-state index is 0. The molecule has 43 heavy (non-hydrogen) atoms. The van der Waals surface area contributed by atoms with Crippen molar-refractivity contribution in [3.05, 3.63) is 94.6 Å². The number of aryl methyl sites for hydroxylation is 3. The first-order valence-corrected chi connectivity index (χ1v) is 15.8. The molecule has 4 aromatic rings. The Labute approximate surface area is 266 Å². The summed E-state index contributed by atoms with van der Waals surface area (Å²) in [5.41, 5.74) is 15.7. The molecule has 5 heteroatoms. The normalized spacial score (nSPS) is 12.3. The summed E-state index contributed by atoms with van der Waals surface area (Å²) in [7, 11) is 0. The maximum absolute atomic E-state index is 5.38. The summed E-state index contributed by atoms with van der Waals surface area (Å²) in [5.74, 6) is 0. The van der Waals surface area contributed by atoms with Crippen molar-refractivity contribution in [2.24, 2.45) is 0 Å². The van der Waals surface area contributed by atoms with E-state index in [4.69, 9.17) is 9.97 Å². The van der Waals surface area contributed by atoms with Crippen LogP contribution in [-0.2, 0) is 36.5 Å². The Hall–Kier alpha value is -3.66. The second kappa shape index (κ2) is 13.8. The smallest absolute Gasteiger partial charge is 0.0722 e. The largest absolute Gasteiger partial charge is 0.355 e. The monoisotopic (exact) mass is 610 g/mol. The van der Waals surface area contributed by atoms with Gasteiger partial charge in [-0.1, -0.05) is 77.3 Å². The summed E-state index contributed by atoms with van der Waals surface area (Å²) >= 11 is 0. The van der Waals surface area contributed by atoms with Gasteiger partial charge in [0.25, 0.3) is 0 Å². The van der Waals surface area contributed by atoms with Crippen molar-refractivity contribution in [1.82, 2.24) is 19.5 Å². The minimum Gasteiger partial charge on any atom is -0.355 e. The van der Waals surface area contributed by atoms with Gasteiger partial charge in [0.2, 0.25) is 0 Å². The number of nitrogens with one attached hydrogen (secondary N) is 1. The molecule has 0 fully saturated rings. The number of allylic oxidation sites excluding steroid dienone is 1. The van der Waals surface area contributed by atoms with Gasteiger partial charge in [0, 0.05) is 45.8 Å². The number of fused-ring (bicyclic) bond motifs is 8. The number of hydrogen-bond donors (Lipinski definition) is 1. The van der Waals surface area contributed by atoms with Crippen LogP contribution in [0.5, 0.6) is 0 Å². The van der Waals surface area contributed by atoms with Crippen LogP contribution in [0.2, 0.25) is 0 Å². The van der Waals surface area contributed by atoms with E-state index >= 15 is 0 Å². The van der Waals surface area contributed by atoms with E-state index < -0.39 is 0 Å². The summed E-state index contributed by atoms with van der Waals surface area (Å²) in [6.45, 7) is 10.1. The molecular weight excluding hydrogens is 568 g/mol. The third kappa shape index (κ3) is 6.20. The third-order valence-electron chi connectivity index (χ3n) is 8.18. The van der Waals surface area contributed by atoms with Gasteiger partial charge >= 0.3 is 0 Å². The van der Waals surface area contributed by atoms with Gasteiger partial charge < -0.3 is 9.55 Å². The zero-order valence-corrected chi connectivity index (χ0v) is 27.0. The Balaban J connectivity index is 0.00000368. The molecule has 0 saturated carbocycles. The van der Waals surface area contributed by atoms with Crippen molar-refractivity contribution in [2.75, 3.05) is 0 Å². The van der Waals surface area contributed by atoms with Crippen LogP contribution in [0.15, 0.2) is 60.7 Å². The van der Waals surface area contributed by atoms with Crippen molar-refractivity contribution in [3.63, 3.8) is 0 Å². The van der Waals surface area contributed by atoms with E-state index in [1.807, 2.05) is 0 Å². The van der Waals surface area contributed by atoms with Crippen molar-refractivity contribution in [2.45, 2.75) is 79.2 Å². The van der Waals surface area contributed by atoms with Crippen molar-refractivity contribution >= 4 is 45.9 Å². The third-order valence-corrected chi connectivity index (χ3v) is 8.18. The second-order valence-corrected chi connectivity index (χ2v) is 11.5. The fourth-order valence-corrected chi connectivity index (χ4v) is 6.55. The fraction of sp³-hybridized carbons (Fsp3) is 0.316. The Kier molecular flexibility index (Phi) is 9.85. The van der Waals surface area contributed by atoms with Gasteiger partial charge in [-0.3, -0.25) is 0 Å². The predicted octanol–water partition coefficient (Wildman–Crippen LogP) is 10.3. The SMILES string of the molecule is CCCC1=Cc2cc3ccc(cc4nc(cc5c(-c6ccccc6)c(CCC)c(c(CCC)c1n2)n5CCC)C=C4)[nH]3.[Fe]. The number of benzene rings is 1. The van der Waals surface area contributed by atoms with E-state index in [0.29, 0.717) is 0 Å². The summed E-state index contributed by atoms with van der Waals surface area (Å²) in [5, 5.41) is 0. The Morgan fingerprint density at radius 2 is 1.33 bits per heavy atom. The first-order valence-electron chi connectivity index (χ1n) is 15.8. The molecule has 4 nitrogen and oxygen atoms in total. The van der Waals surface area contributed by atoms with Crippen LogP contribution in [0.25, 0.3) is 57.0 Å². The number of nitrogens with zero attached hydrogens (tertiary/aromatic N) is 3. The van der Waals surface area contributed by atoms with Crippen LogP contribution in [0.4, 0.5) is 0 Å². The van der Waals surface area contributed by atoms with E-state index in [0.717, 1.165) is 79.6 Å². The Morgan fingerprint density at radius 1 is 0.674 bits per heavy atom. The fourth-order valence-electron chi connectivity index (χ4n) is 6.55. The van der Waals surface area contributed by atoms with Gasteiger partial charge in [0.1, 0.15) is 0 Å². The number of aromatic nitrogens is 4. The van der Waals surface area contributed by atoms with Crippen molar-refractivity contribution in [1.29, 1.82) is 0 Å². The molecule has 1 aromatic carbocycles. The molecular formula is C38H42FeN4. The molecule has 0 amide bonds. The molecule has 0 spiro atoms. The van der Waals surface area contributed by atoms with E-state index in [1.165, 1.54) is 44.6 Å². The number of H-pyrrole nitrogens is 1. The summed E-state index contributed by atoms with van der Waals surface area (Å²) in [6, 6.07) is 21.9. The molecule has 2 aliphatic rings. The van der Waals surface area contributed by atoms with Gasteiger partial charge in [0.15, 0.2) is 0 Å². The molecule has 0 radical (unpaired) electrons. The molecule has 0 saturated heterocycles. The molecule has 6 rings (SSSR count). The van der Waals surface area contributed by atoms with Crippen LogP contribution < -0.4 is 0 Å². The van der Waals surface area contributed by atoms with Crippen LogP contribution in [0, 0.1) is 0 Å². The zero-order valence-electron chi connectivity index (χ0n) is 25.9. The van der Waals surface area contributed by atoms with E-state index in [2.05, 4.69) is 116 Å². The molecule has 0 unspecified atom stereocenters. The molecule has 8 bridgehead atoms. The summed E-state index contributed by atoms with van der Waals surface area (Å²) in [6.07, 6.45) is 13.9. The van der Waals surface area contributed by atoms with Gasteiger partial charge in [-0.25, -0.2) is 9.97 Å². The van der Waals surface area contributed by atoms with Crippen LogP contribution in [0.3, 0.4) is 0 Å². The van der Waals surface area contributed by atoms with Crippen LogP contribution >= 0.6 is 0 Å². The van der Waals surface area contributed by atoms with Crippen molar-refractivity contribution < 1.29 is 17.1 Å². The van der Waals surface area contributed by atoms with Gasteiger partial charge in [-0.2, -0.15) is 0 Å². The molecule has 5 heterocycles. The van der Waals surface area contributed by atoms with Crippen LogP contribution in [0.1, 0.15) is 93.7 Å². The standard InChI is InChI=1S/C38H42N4.Fe/c1-5-12-27-22-32-24-30-18-17-28(39-30)23-29-19-20-31(40-29)25-35-36(26-15-10-9-11-16-26)33(13-6-2)38(42(35)21-8-4)34(14-7-3)37(27)41-32;/h9-11,15-20,22-25,39H,5-8,12-14,21H2,1-4H3;. The molecule has 3 aromatic heterocycles. The van der Waals surface area contributed by atoms with E-state index in [9.17, 15) is 0 Å². The average molecular weight is 611 g/mol. The Morgan fingerprint density at radius 3 is 2.00 bits per heavy atom. The maximum Gasteiger partial charge on any atom is 0.0722 e. The number of rotatable bonds is 9. The molecule has 0 aliphatic carbocycles. The predicted molar refractivity (Wildman–Crippen MR) is 180 cm³/mol. The topological polar surface area (TPSA) is 46.5 Å². The quantitative estimate of drug-likeness (QED) is 0.169. The average Bonchev–Trinajstić information content (AvgIpc) is 3.77. The zero-order chi connectivity index (χ0) is 29.1. The summed E-state index contributed by atoms with van der Waals surface area (Å²) in [4.78, 5) is 14.0. The van der Waals surface area contributed by atoms with Gasteiger partial charge in [0.05, 0.1) is 33.8 Å². The molecule has 222 valence electrons. The summed E-state index contributed by atoms with van der Waals surface area (Å²) < 4.78 is 2.60. The second-order valence-electron chi connectivity index (χ2n) is 11.5. The number of hydrogen-bond acceptors (Lipinski definition) is 2. The first kappa shape index (κ1) is 30.8. The molecule has 0 atom stereocenters. The minimum atomic E-state index is 0.